The molecule has 28 heavy (non-hydrogen) atoms. The molecule has 2 heterocycles. The van der Waals surface area contributed by atoms with Gasteiger partial charge in [-0.3, -0.25) is 4.57 Å². The van der Waals surface area contributed by atoms with E-state index in [1.54, 1.807) is 24.3 Å². The van der Waals surface area contributed by atoms with E-state index in [9.17, 15) is 0 Å². The minimum Gasteiger partial charge on any atom is -0.368 e. The number of anilines is 3. The fourth-order valence-corrected chi connectivity index (χ4v) is 3.16. The maximum Gasteiger partial charge on any atom is 0.242 e. The van der Waals surface area contributed by atoms with Gasteiger partial charge in [0.2, 0.25) is 17.8 Å². The fourth-order valence-electron chi connectivity index (χ4n) is 3.16. The number of nitrogen functional groups attached to an aromatic ring is 1. The lowest BCUT2D eigenvalue weighted by atomic mass is 10.2. The Hall–Kier alpha value is -3.99. The van der Waals surface area contributed by atoms with Crippen LogP contribution in [0.25, 0.3) is 17.0 Å². The number of benzene rings is 2. The largest absolute Gasteiger partial charge is 0.368 e. The molecule has 8 nitrogen and oxygen atoms in total. The topological polar surface area (TPSA) is 118 Å². The quantitative estimate of drug-likeness (QED) is 0.567. The molecule has 0 bridgehead atoms. The zero-order valence-electron chi connectivity index (χ0n) is 14.9. The molecule has 0 aliphatic heterocycles. The standard InChI is InChI=1S/C20H16N8/c21-11-12-5-9-14(10-6-12)23-19-25-18(22)26-20(27-19)28-16-4-2-1-3-15(16)24-17(28)13-7-8-13/h1-6,9-10,13H,7-8H2,(H3,22,23,25,26,27). The number of imidazole rings is 1. The van der Waals surface area contributed by atoms with E-state index in [4.69, 9.17) is 16.0 Å². The molecule has 0 saturated heterocycles. The highest BCUT2D eigenvalue weighted by atomic mass is 15.3. The van der Waals surface area contributed by atoms with E-state index >= 15 is 0 Å². The summed E-state index contributed by atoms with van der Waals surface area (Å²) in [6.07, 6.45) is 2.22. The molecule has 136 valence electrons. The third-order valence-corrected chi connectivity index (χ3v) is 4.64. The van der Waals surface area contributed by atoms with Gasteiger partial charge in [0, 0.05) is 11.6 Å². The molecule has 0 radical (unpaired) electrons. The number of nitriles is 1. The first kappa shape index (κ1) is 16.2. The van der Waals surface area contributed by atoms with E-state index in [1.807, 2.05) is 28.8 Å². The number of hydrogen-bond donors (Lipinski definition) is 2. The Morgan fingerprint density at radius 1 is 1.00 bits per heavy atom. The summed E-state index contributed by atoms with van der Waals surface area (Å²) in [4.78, 5) is 17.9. The first-order valence-electron chi connectivity index (χ1n) is 8.98. The van der Waals surface area contributed by atoms with Crippen molar-refractivity contribution in [1.29, 1.82) is 5.26 Å². The smallest absolute Gasteiger partial charge is 0.242 e. The van der Waals surface area contributed by atoms with Crippen molar-refractivity contribution in [3.63, 3.8) is 0 Å². The Balaban J connectivity index is 1.59. The Bertz CT molecular complexity index is 1220. The van der Waals surface area contributed by atoms with Gasteiger partial charge in [-0.2, -0.15) is 20.2 Å². The van der Waals surface area contributed by atoms with E-state index in [2.05, 4.69) is 26.3 Å². The highest BCUT2D eigenvalue weighted by Gasteiger charge is 2.31. The monoisotopic (exact) mass is 368 g/mol. The summed E-state index contributed by atoms with van der Waals surface area (Å²) in [5, 5.41) is 12.1. The van der Waals surface area contributed by atoms with Crippen molar-refractivity contribution in [2.75, 3.05) is 11.1 Å². The molecular weight excluding hydrogens is 352 g/mol. The van der Waals surface area contributed by atoms with Crippen LogP contribution in [0.1, 0.15) is 30.1 Å². The molecule has 0 unspecified atom stereocenters. The summed E-state index contributed by atoms with van der Waals surface area (Å²) in [6.45, 7) is 0. The number of para-hydroxylation sites is 2. The molecule has 5 rings (SSSR count). The van der Waals surface area contributed by atoms with E-state index in [0.717, 1.165) is 35.4 Å². The van der Waals surface area contributed by atoms with Gasteiger partial charge in [0.15, 0.2) is 0 Å². The van der Waals surface area contributed by atoms with Gasteiger partial charge in [0.25, 0.3) is 0 Å². The average molecular weight is 368 g/mol. The molecule has 1 aliphatic carbocycles. The van der Waals surface area contributed by atoms with Crippen LogP contribution in [-0.4, -0.2) is 24.5 Å². The summed E-state index contributed by atoms with van der Waals surface area (Å²) >= 11 is 0. The van der Waals surface area contributed by atoms with Gasteiger partial charge in [-0.25, -0.2) is 4.98 Å². The van der Waals surface area contributed by atoms with E-state index in [0.29, 0.717) is 23.4 Å². The van der Waals surface area contributed by atoms with Crippen molar-refractivity contribution in [2.24, 2.45) is 0 Å². The van der Waals surface area contributed by atoms with Crippen LogP contribution in [0.15, 0.2) is 48.5 Å². The number of aromatic nitrogens is 5. The predicted molar refractivity (Wildman–Crippen MR) is 105 cm³/mol. The number of nitrogens with zero attached hydrogens (tertiary/aromatic N) is 6. The lowest BCUT2D eigenvalue weighted by Crippen LogP contribution is -2.11. The van der Waals surface area contributed by atoms with Crippen molar-refractivity contribution < 1.29 is 0 Å². The summed E-state index contributed by atoms with van der Waals surface area (Å²) < 4.78 is 1.97. The number of hydrogen-bond acceptors (Lipinski definition) is 7. The molecule has 2 aromatic heterocycles. The van der Waals surface area contributed by atoms with Crippen molar-refractivity contribution >= 4 is 28.6 Å². The zero-order chi connectivity index (χ0) is 19.1. The van der Waals surface area contributed by atoms with Gasteiger partial charge in [-0.1, -0.05) is 12.1 Å². The number of nitrogens with two attached hydrogens (primary N) is 1. The first-order chi connectivity index (χ1) is 13.7. The van der Waals surface area contributed by atoms with Crippen LogP contribution >= 0.6 is 0 Å². The van der Waals surface area contributed by atoms with E-state index in [-0.39, 0.29) is 5.95 Å². The molecule has 2 aromatic carbocycles. The summed E-state index contributed by atoms with van der Waals surface area (Å²) in [5.41, 5.74) is 9.16. The summed E-state index contributed by atoms with van der Waals surface area (Å²) in [5.74, 6) is 2.28. The third kappa shape index (κ3) is 2.89. The maximum absolute atomic E-state index is 8.93. The van der Waals surface area contributed by atoms with Crippen LogP contribution in [-0.2, 0) is 0 Å². The molecule has 0 atom stereocenters. The van der Waals surface area contributed by atoms with Crippen molar-refractivity contribution in [1.82, 2.24) is 24.5 Å². The van der Waals surface area contributed by atoms with Crippen LogP contribution in [0.2, 0.25) is 0 Å². The zero-order valence-corrected chi connectivity index (χ0v) is 14.9. The van der Waals surface area contributed by atoms with Crippen LogP contribution in [0.5, 0.6) is 0 Å². The molecule has 8 heteroatoms. The van der Waals surface area contributed by atoms with Crippen molar-refractivity contribution in [3.05, 3.63) is 59.9 Å². The van der Waals surface area contributed by atoms with Crippen molar-refractivity contribution in [3.8, 4) is 12.0 Å². The normalized spacial score (nSPS) is 13.4. The maximum atomic E-state index is 8.93. The third-order valence-electron chi connectivity index (χ3n) is 4.64. The predicted octanol–water partition coefficient (Wildman–Crippen LogP) is 3.29. The molecule has 0 spiro atoms. The van der Waals surface area contributed by atoms with Gasteiger partial charge >= 0.3 is 0 Å². The Kier molecular flexibility index (Phi) is 3.66. The molecule has 1 fully saturated rings. The first-order valence-corrected chi connectivity index (χ1v) is 8.98. The Morgan fingerprint density at radius 2 is 1.79 bits per heavy atom. The molecule has 4 aromatic rings. The lowest BCUT2D eigenvalue weighted by molar-refractivity contribution is 0.838. The van der Waals surface area contributed by atoms with Crippen LogP contribution in [0, 0.1) is 11.3 Å². The number of nitrogens with one attached hydrogen (secondary N) is 1. The minimum absolute atomic E-state index is 0.126. The fraction of sp³-hybridized carbons (Fsp3) is 0.150. The molecular formula is C20H16N8. The Morgan fingerprint density at radius 3 is 2.54 bits per heavy atom. The van der Waals surface area contributed by atoms with E-state index in [1.165, 1.54) is 0 Å². The highest BCUT2D eigenvalue weighted by Crippen LogP contribution is 2.41. The second-order valence-corrected chi connectivity index (χ2v) is 6.70. The molecule has 0 amide bonds. The minimum atomic E-state index is 0.126. The SMILES string of the molecule is N#Cc1ccc(Nc2nc(N)nc(-n3c(C4CC4)nc4ccccc43)n2)cc1. The van der Waals surface area contributed by atoms with Crippen molar-refractivity contribution in [2.45, 2.75) is 18.8 Å². The van der Waals surface area contributed by atoms with E-state index < -0.39 is 0 Å². The molecule has 1 aliphatic rings. The Labute approximate surface area is 160 Å². The molecule has 3 N–H and O–H groups in total. The highest BCUT2D eigenvalue weighted by molar-refractivity contribution is 5.78. The second-order valence-electron chi connectivity index (χ2n) is 6.70. The van der Waals surface area contributed by atoms with Crippen LogP contribution in [0.4, 0.5) is 17.6 Å². The van der Waals surface area contributed by atoms with Gasteiger partial charge < -0.3 is 11.1 Å². The van der Waals surface area contributed by atoms with Gasteiger partial charge in [0.1, 0.15) is 5.82 Å². The lowest BCUT2D eigenvalue weighted by Gasteiger charge is -2.10. The number of rotatable bonds is 4. The molecule has 1 saturated carbocycles. The average Bonchev–Trinajstić information content (AvgIpc) is 3.48. The number of fused-ring (bicyclic) bond motifs is 1. The van der Waals surface area contributed by atoms with Gasteiger partial charge in [-0.15, -0.1) is 0 Å². The summed E-state index contributed by atoms with van der Waals surface area (Å²) in [7, 11) is 0. The van der Waals surface area contributed by atoms with Gasteiger partial charge in [-0.05, 0) is 49.2 Å². The summed E-state index contributed by atoms with van der Waals surface area (Å²) in [6, 6.07) is 17.1. The van der Waals surface area contributed by atoms with Crippen LogP contribution in [0.3, 0.4) is 0 Å². The second kappa shape index (κ2) is 6.32. The van der Waals surface area contributed by atoms with Gasteiger partial charge in [0.05, 0.1) is 22.7 Å². The van der Waals surface area contributed by atoms with Crippen LogP contribution < -0.4 is 11.1 Å².